The van der Waals surface area contributed by atoms with Crippen LogP contribution in [-0.4, -0.2) is 11.2 Å². The van der Waals surface area contributed by atoms with Gasteiger partial charge in [0.1, 0.15) is 0 Å². The molecule has 1 aromatic heterocycles. The van der Waals surface area contributed by atoms with E-state index in [1.54, 1.807) is 0 Å². The molecule has 3 N–H and O–H groups in total. The molecule has 0 unspecified atom stereocenters. The van der Waals surface area contributed by atoms with Gasteiger partial charge in [0.25, 0.3) is 0 Å². The highest BCUT2D eigenvalue weighted by atomic mass is 16.5. The van der Waals surface area contributed by atoms with Crippen molar-refractivity contribution in [1.29, 1.82) is 0 Å². The third kappa shape index (κ3) is 1.43. The van der Waals surface area contributed by atoms with Gasteiger partial charge in [0.2, 0.25) is 0 Å². The standard InChI is InChI=1S/C8H13N3O/c9-7-4-11-12-8(7)5-10-6-2-1-3-6/h4,6,10H,1-3,5,9H2. The average Bonchev–Trinajstić information content (AvgIpc) is 2.33. The zero-order chi connectivity index (χ0) is 8.39. The molecule has 12 heavy (non-hydrogen) atoms. The summed E-state index contributed by atoms with van der Waals surface area (Å²) in [5, 5.41) is 6.95. The van der Waals surface area contributed by atoms with Gasteiger partial charge in [0, 0.05) is 6.04 Å². The Balaban J connectivity index is 1.82. The third-order valence-electron chi connectivity index (χ3n) is 2.33. The lowest BCUT2D eigenvalue weighted by molar-refractivity contribution is 0.309. The Kier molecular flexibility index (Phi) is 1.99. The molecule has 0 spiro atoms. The predicted octanol–water partition coefficient (Wildman–Crippen LogP) is 0.899. The highest BCUT2D eigenvalue weighted by Gasteiger charge is 2.17. The number of nitrogens with one attached hydrogen (secondary N) is 1. The Morgan fingerprint density at radius 2 is 2.50 bits per heavy atom. The molecule has 1 aliphatic rings. The second-order valence-corrected chi connectivity index (χ2v) is 3.21. The van der Waals surface area contributed by atoms with Crippen LogP contribution in [0.5, 0.6) is 0 Å². The van der Waals surface area contributed by atoms with Crippen LogP contribution in [0.3, 0.4) is 0 Å². The summed E-state index contributed by atoms with van der Waals surface area (Å²) in [7, 11) is 0. The molecule has 0 amide bonds. The Bertz CT molecular complexity index is 255. The molecular formula is C8H13N3O. The van der Waals surface area contributed by atoms with E-state index in [0.717, 1.165) is 5.76 Å². The first kappa shape index (κ1) is 7.61. The number of hydrogen-bond donors (Lipinski definition) is 2. The topological polar surface area (TPSA) is 64.1 Å². The molecule has 1 aromatic rings. The number of nitrogens with zero attached hydrogens (tertiary/aromatic N) is 1. The molecule has 0 radical (unpaired) electrons. The predicted molar refractivity (Wildman–Crippen MR) is 45.4 cm³/mol. The SMILES string of the molecule is Nc1cnoc1CNC1CCC1. The number of aromatic nitrogens is 1. The Hall–Kier alpha value is -1.03. The van der Waals surface area contributed by atoms with E-state index >= 15 is 0 Å². The lowest BCUT2D eigenvalue weighted by Crippen LogP contribution is -2.34. The van der Waals surface area contributed by atoms with Crippen LogP contribution in [0.15, 0.2) is 10.7 Å². The average molecular weight is 167 g/mol. The first-order valence-electron chi connectivity index (χ1n) is 4.28. The van der Waals surface area contributed by atoms with Crippen LogP contribution < -0.4 is 11.1 Å². The summed E-state index contributed by atoms with van der Waals surface area (Å²) >= 11 is 0. The maximum atomic E-state index is 5.59. The van der Waals surface area contributed by atoms with Crippen molar-refractivity contribution in [2.45, 2.75) is 31.8 Å². The molecule has 66 valence electrons. The normalized spacial score (nSPS) is 17.7. The first-order valence-corrected chi connectivity index (χ1v) is 4.28. The summed E-state index contributed by atoms with van der Waals surface area (Å²) in [5.41, 5.74) is 6.23. The van der Waals surface area contributed by atoms with Crippen LogP contribution in [0.25, 0.3) is 0 Å². The van der Waals surface area contributed by atoms with E-state index in [-0.39, 0.29) is 0 Å². The fourth-order valence-corrected chi connectivity index (χ4v) is 1.26. The van der Waals surface area contributed by atoms with Crippen molar-refractivity contribution in [2.24, 2.45) is 0 Å². The third-order valence-corrected chi connectivity index (χ3v) is 2.33. The van der Waals surface area contributed by atoms with E-state index in [0.29, 0.717) is 18.3 Å². The minimum Gasteiger partial charge on any atom is -0.395 e. The van der Waals surface area contributed by atoms with Crippen LogP contribution in [-0.2, 0) is 6.54 Å². The van der Waals surface area contributed by atoms with Gasteiger partial charge in [-0.05, 0) is 12.8 Å². The quantitative estimate of drug-likeness (QED) is 0.702. The van der Waals surface area contributed by atoms with Crippen LogP contribution in [0.1, 0.15) is 25.0 Å². The van der Waals surface area contributed by atoms with E-state index in [1.165, 1.54) is 25.5 Å². The maximum absolute atomic E-state index is 5.59. The fraction of sp³-hybridized carbons (Fsp3) is 0.625. The van der Waals surface area contributed by atoms with Gasteiger partial charge >= 0.3 is 0 Å². The van der Waals surface area contributed by atoms with Gasteiger partial charge in [-0.15, -0.1) is 0 Å². The van der Waals surface area contributed by atoms with E-state index in [4.69, 9.17) is 10.3 Å². The minimum atomic E-state index is 0.641. The van der Waals surface area contributed by atoms with E-state index in [2.05, 4.69) is 10.5 Å². The molecule has 0 saturated heterocycles. The largest absolute Gasteiger partial charge is 0.395 e. The van der Waals surface area contributed by atoms with Crippen molar-refractivity contribution >= 4 is 5.69 Å². The Labute approximate surface area is 71.1 Å². The summed E-state index contributed by atoms with van der Waals surface area (Å²) in [6.45, 7) is 0.705. The highest BCUT2D eigenvalue weighted by molar-refractivity contribution is 5.37. The van der Waals surface area contributed by atoms with Gasteiger partial charge < -0.3 is 15.6 Å². The molecule has 0 aliphatic heterocycles. The number of anilines is 1. The minimum absolute atomic E-state index is 0.641. The van der Waals surface area contributed by atoms with Gasteiger partial charge in [0.15, 0.2) is 5.76 Å². The van der Waals surface area contributed by atoms with Crippen molar-refractivity contribution < 1.29 is 4.52 Å². The van der Waals surface area contributed by atoms with Crippen molar-refractivity contribution in [3.05, 3.63) is 12.0 Å². The molecule has 2 rings (SSSR count). The van der Waals surface area contributed by atoms with Gasteiger partial charge in [0.05, 0.1) is 18.4 Å². The summed E-state index contributed by atoms with van der Waals surface area (Å²) in [6.07, 6.45) is 5.42. The number of nitrogens with two attached hydrogens (primary N) is 1. The fourth-order valence-electron chi connectivity index (χ4n) is 1.26. The lowest BCUT2D eigenvalue weighted by atomic mass is 9.93. The molecule has 1 aliphatic carbocycles. The van der Waals surface area contributed by atoms with Gasteiger partial charge in [-0.25, -0.2) is 0 Å². The molecule has 1 fully saturated rings. The van der Waals surface area contributed by atoms with Crippen LogP contribution in [0.2, 0.25) is 0 Å². The molecule has 4 heteroatoms. The highest BCUT2D eigenvalue weighted by Crippen LogP contribution is 2.19. The summed E-state index contributed by atoms with van der Waals surface area (Å²) in [6, 6.07) is 0.662. The van der Waals surface area contributed by atoms with Crippen LogP contribution in [0.4, 0.5) is 5.69 Å². The molecule has 0 atom stereocenters. The molecule has 1 saturated carbocycles. The molecule has 0 bridgehead atoms. The van der Waals surface area contributed by atoms with Crippen LogP contribution >= 0.6 is 0 Å². The monoisotopic (exact) mass is 167 g/mol. The summed E-state index contributed by atoms with van der Waals surface area (Å²) in [4.78, 5) is 0. The smallest absolute Gasteiger partial charge is 0.173 e. The van der Waals surface area contributed by atoms with Crippen molar-refractivity contribution in [3.8, 4) is 0 Å². The first-order chi connectivity index (χ1) is 5.86. The van der Waals surface area contributed by atoms with Crippen molar-refractivity contribution in [3.63, 3.8) is 0 Å². The second-order valence-electron chi connectivity index (χ2n) is 3.21. The van der Waals surface area contributed by atoms with Crippen molar-refractivity contribution in [2.75, 3.05) is 5.73 Å². The Morgan fingerprint density at radius 3 is 3.00 bits per heavy atom. The molecule has 0 aromatic carbocycles. The Morgan fingerprint density at radius 1 is 1.67 bits per heavy atom. The van der Waals surface area contributed by atoms with E-state index in [9.17, 15) is 0 Å². The number of rotatable bonds is 3. The van der Waals surface area contributed by atoms with Gasteiger partial charge in [-0.3, -0.25) is 0 Å². The van der Waals surface area contributed by atoms with E-state index in [1.807, 2.05) is 0 Å². The van der Waals surface area contributed by atoms with Gasteiger partial charge in [-0.1, -0.05) is 11.6 Å². The molecule has 1 heterocycles. The lowest BCUT2D eigenvalue weighted by Gasteiger charge is -2.25. The summed E-state index contributed by atoms with van der Waals surface area (Å²) < 4.78 is 4.95. The zero-order valence-electron chi connectivity index (χ0n) is 6.92. The maximum Gasteiger partial charge on any atom is 0.173 e. The molecule has 4 nitrogen and oxygen atoms in total. The van der Waals surface area contributed by atoms with Gasteiger partial charge in [-0.2, -0.15) is 0 Å². The summed E-state index contributed by atoms with van der Waals surface area (Å²) in [5.74, 6) is 0.752. The van der Waals surface area contributed by atoms with Crippen LogP contribution in [0, 0.1) is 0 Å². The zero-order valence-corrected chi connectivity index (χ0v) is 6.92. The number of nitrogen functional groups attached to an aromatic ring is 1. The number of hydrogen-bond acceptors (Lipinski definition) is 4. The molecular weight excluding hydrogens is 154 g/mol. The van der Waals surface area contributed by atoms with E-state index < -0.39 is 0 Å². The second kappa shape index (κ2) is 3.15. The van der Waals surface area contributed by atoms with Crippen molar-refractivity contribution in [1.82, 2.24) is 10.5 Å².